The maximum atomic E-state index is 12.6. The van der Waals surface area contributed by atoms with Gasteiger partial charge in [0.15, 0.2) is 0 Å². The van der Waals surface area contributed by atoms with Crippen LogP contribution >= 0.6 is 0 Å². The second-order valence-electron chi connectivity index (χ2n) is 5.84. The van der Waals surface area contributed by atoms with E-state index in [1.165, 1.54) is 0 Å². The second-order valence-corrected chi connectivity index (χ2v) is 5.84. The minimum atomic E-state index is -0.256. The van der Waals surface area contributed by atoms with Gasteiger partial charge in [0.25, 0.3) is 0 Å². The molecule has 2 nitrogen and oxygen atoms in total. The van der Waals surface area contributed by atoms with E-state index < -0.39 is 0 Å². The highest BCUT2D eigenvalue weighted by Gasteiger charge is 2.29. The molecule has 0 spiro atoms. The smallest absolute Gasteiger partial charge is 0.309 e. The molecule has 20 heavy (non-hydrogen) atoms. The maximum Gasteiger partial charge on any atom is 0.309 e. The van der Waals surface area contributed by atoms with Crippen LogP contribution in [0.5, 0.6) is 0 Å². The van der Waals surface area contributed by atoms with Crippen LogP contribution in [0, 0.1) is 17.8 Å². The Morgan fingerprint density at radius 1 is 1.25 bits per heavy atom. The first kappa shape index (κ1) is 15.0. The van der Waals surface area contributed by atoms with Crippen molar-refractivity contribution in [3.05, 3.63) is 35.9 Å². The number of alkyl halides is 1. The number of carbonyl (C=O) groups excluding carboxylic acids is 1. The van der Waals surface area contributed by atoms with Crippen molar-refractivity contribution in [1.29, 1.82) is 0 Å². The molecule has 1 aliphatic rings. The summed E-state index contributed by atoms with van der Waals surface area (Å²) in [4.78, 5) is 12.0. The van der Waals surface area contributed by atoms with E-state index in [1.54, 1.807) is 0 Å². The third-order valence-corrected chi connectivity index (χ3v) is 4.38. The molecule has 1 saturated carbocycles. The van der Waals surface area contributed by atoms with Crippen molar-refractivity contribution in [2.24, 2.45) is 17.8 Å². The lowest BCUT2D eigenvalue weighted by Crippen LogP contribution is -2.26. The third kappa shape index (κ3) is 4.06. The molecule has 110 valence electrons. The highest BCUT2D eigenvalue weighted by atomic mass is 19.1. The van der Waals surface area contributed by atoms with E-state index in [-0.39, 0.29) is 24.5 Å². The molecule has 1 aromatic rings. The molecular formula is C17H23FO2. The van der Waals surface area contributed by atoms with Crippen molar-refractivity contribution < 1.29 is 13.9 Å². The van der Waals surface area contributed by atoms with Gasteiger partial charge in [-0.15, -0.1) is 0 Å². The Balaban J connectivity index is 1.75. The van der Waals surface area contributed by atoms with Crippen LogP contribution in [0.15, 0.2) is 30.3 Å². The molecule has 0 heterocycles. The Bertz CT molecular complexity index is 410. The van der Waals surface area contributed by atoms with E-state index in [2.05, 4.69) is 0 Å². The Kier molecular flexibility index (Phi) is 5.57. The van der Waals surface area contributed by atoms with Crippen LogP contribution in [0.3, 0.4) is 0 Å². The van der Waals surface area contributed by atoms with E-state index in [0.717, 1.165) is 31.2 Å². The number of hydrogen-bond donors (Lipinski definition) is 0. The molecule has 1 atom stereocenters. The van der Waals surface area contributed by atoms with Crippen LogP contribution in [-0.4, -0.2) is 12.6 Å². The largest absolute Gasteiger partial charge is 0.461 e. The van der Waals surface area contributed by atoms with Gasteiger partial charge < -0.3 is 4.74 Å². The fourth-order valence-corrected chi connectivity index (χ4v) is 2.90. The van der Waals surface area contributed by atoms with Crippen molar-refractivity contribution >= 4 is 5.97 Å². The molecule has 0 aromatic heterocycles. The molecule has 0 N–H and O–H groups in total. The molecule has 0 aliphatic heterocycles. The Hall–Kier alpha value is -1.38. The Labute approximate surface area is 120 Å². The van der Waals surface area contributed by atoms with Crippen LogP contribution < -0.4 is 0 Å². The van der Waals surface area contributed by atoms with Crippen molar-refractivity contribution in [2.45, 2.75) is 39.2 Å². The van der Waals surface area contributed by atoms with Gasteiger partial charge in [-0.1, -0.05) is 37.3 Å². The zero-order valence-corrected chi connectivity index (χ0v) is 12.1. The molecule has 2 rings (SSSR count). The van der Waals surface area contributed by atoms with Crippen molar-refractivity contribution in [2.75, 3.05) is 6.67 Å². The van der Waals surface area contributed by atoms with Crippen LogP contribution in [0.1, 0.15) is 38.2 Å². The molecule has 3 heteroatoms. The minimum absolute atomic E-state index is 0.00164. The number of hydrogen-bond acceptors (Lipinski definition) is 2. The zero-order chi connectivity index (χ0) is 14.4. The molecule has 0 saturated heterocycles. The van der Waals surface area contributed by atoms with Gasteiger partial charge in [0.1, 0.15) is 6.61 Å². The predicted molar refractivity (Wildman–Crippen MR) is 76.8 cm³/mol. The fraction of sp³-hybridized carbons (Fsp3) is 0.588. The topological polar surface area (TPSA) is 26.3 Å². The average Bonchev–Trinajstić information content (AvgIpc) is 2.53. The van der Waals surface area contributed by atoms with Gasteiger partial charge in [-0.3, -0.25) is 9.18 Å². The SMILES string of the molecule is C[C@H](CF)C1CCC(C(=O)OCc2ccccc2)CC1. The third-order valence-electron chi connectivity index (χ3n) is 4.38. The Morgan fingerprint density at radius 2 is 1.90 bits per heavy atom. The molecule has 1 aliphatic carbocycles. The summed E-state index contributed by atoms with van der Waals surface area (Å²) in [5.41, 5.74) is 1.01. The molecule has 0 amide bonds. The van der Waals surface area contributed by atoms with Gasteiger partial charge in [0.2, 0.25) is 0 Å². The summed E-state index contributed by atoms with van der Waals surface area (Å²) in [6.07, 6.45) is 3.55. The minimum Gasteiger partial charge on any atom is -0.461 e. The first-order chi connectivity index (χ1) is 9.70. The number of carbonyl (C=O) groups is 1. The average molecular weight is 278 g/mol. The van der Waals surface area contributed by atoms with Crippen molar-refractivity contribution in [3.63, 3.8) is 0 Å². The second kappa shape index (κ2) is 7.41. The summed E-state index contributed by atoms with van der Waals surface area (Å²) < 4.78 is 18.0. The highest BCUT2D eigenvalue weighted by molar-refractivity contribution is 5.72. The normalized spacial score (nSPS) is 24.1. The Morgan fingerprint density at radius 3 is 2.50 bits per heavy atom. The van der Waals surface area contributed by atoms with E-state index in [4.69, 9.17) is 4.74 Å². The van der Waals surface area contributed by atoms with E-state index in [0.29, 0.717) is 12.5 Å². The highest BCUT2D eigenvalue weighted by Crippen LogP contribution is 2.34. The maximum absolute atomic E-state index is 12.6. The summed E-state index contributed by atoms with van der Waals surface area (Å²) in [6, 6.07) is 9.72. The number of halogens is 1. The molecule has 0 bridgehead atoms. The lowest BCUT2D eigenvalue weighted by molar-refractivity contribution is -0.151. The molecule has 1 fully saturated rings. The van der Waals surface area contributed by atoms with Gasteiger partial charge >= 0.3 is 5.97 Å². The first-order valence-electron chi connectivity index (χ1n) is 7.47. The summed E-state index contributed by atoms with van der Waals surface area (Å²) in [5, 5.41) is 0. The number of rotatable bonds is 5. The van der Waals surface area contributed by atoms with E-state index in [1.807, 2.05) is 37.3 Å². The summed E-state index contributed by atoms with van der Waals surface area (Å²) >= 11 is 0. The van der Waals surface area contributed by atoms with Gasteiger partial charge in [-0.05, 0) is 43.1 Å². The van der Waals surface area contributed by atoms with E-state index in [9.17, 15) is 9.18 Å². The van der Waals surface area contributed by atoms with Crippen LogP contribution in [0.4, 0.5) is 4.39 Å². The summed E-state index contributed by atoms with van der Waals surface area (Å²) in [5.74, 6) is 0.455. The fourth-order valence-electron chi connectivity index (χ4n) is 2.90. The van der Waals surface area contributed by atoms with Crippen LogP contribution in [0.25, 0.3) is 0 Å². The van der Waals surface area contributed by atoms with E-state index >= 15 is 0 Å². The number of ether oxygens (including phenoxy) is 1. The van der Waals surface area contributed by atoms with Gasteiger partial charge in [-0.2, -0.15) is 0 Å². The van der Waals surface area contributed by atoms with Gasteiger partial charge in [0.05, 0.1) is 12.6 Å². The van der Waals surface area contributed by atoms with Crippen LogP contribution in [0.2, 0.25) is 0 Å². The zero-order valence-electron chi connectivity index (χ0n) is 12.1. The standard InChI is InChI=1S/C17H23FO2/c1-13(11-18)15-7-9-16(10-8-15)17(19)20-12-14-5-3-2-4-6-14/h2-6,13,15-16H,7-12H2,1H3/t13-,15?,16?/m1/s1. The van der Waals surface area contributed by atoms with Crippen molar-refractivity contribution in [3.8, 4) is 0 Å². The first-order valence-corrected chi connectivity index (χ1v) is 7.47. The summed E-state index contributed by atoms with van der Waals surface area (Å²) in [6.45, 7) is 2.05. The van der Waals surface area contributed by atoms with Gasteiger partial charge in [-0.25, -0.2) is 0 Å². The number of benzene rings is 1. The number of esters is 1. The predicted octanol–water partition coefficient (Wildman–Crippen LogP) is 4.14. The lowest BCUT2D eigenvalue weighted by atomic mass is 9.77. The quantitative estimate of drug-likeness (QED) is 0.757. The lowest BCUT2D eigenvalue weighted by Gasteiger charge is -2.30. The monoisotopic (exact) mass is 278 g/mol. The van der Waals surface area contributed by atoms with Crippen LogP contribution in [-0.2, 0) is 16.1 Å². The molecule has 1 aromatic carbocycles. The van der Waals surface area contributed by atoms with Gasteiger partial charge in [0, 0.05) is 0 Å². The summed E-state index contributed by atoms with van der Waals surface area (Å²) in [7, 11) is 0. The molecule has 0 unspecified atom stereocenters. The molecular weight excluding hydrogens is 255 g/mol. The van der Waals surface area contributed by atoms with Crippen molar-refractivity contribution in [1.82, 2.24) is 0 Å². The molecule has 0 radical (unpaired) electrons.